The molecule has 1 amide bonds. The number of amides is 1. The van der Waals surface area contributed by atoms with Gasteiger partial charge in [-0.15, -0.1) is 0 Å². The van der Waals surface area contributed by atoms with Crippen molar-refractivity contribution in [2.75, 3.05) is 26.3 Å². The summed E-state index contributed by atoms with van der Waals surface area (Å²) in [5.41, 5.74) is 0.851. The Labute approximate surface area is 157 Å². The fourth-order valence-electron chi connectivity index (χ4n) is 3.37. The van der Waals surface area contributed by atoms with Crippen LogP contribution >= 0.6 is 22.6 Å². The molecule has 0 bridgehead atoms. The van der Waals surface area contributed by atoms with Gasteiger partial charge in [-0.1, -0.05) is 0 Å². The van der Waals surface area contributed by atoms with E-state index in [1.54, 1.807) is 0 Å². The molecule has 0 saturated carbocycles. The van der Waals surface area contributed by atoms with Crippen LogP contribution in [0.1, 0.15) is 57.7 Å². The molecule has 3 rings (SSSR count). The minimum Gasteiger partial charge on any atom is -0.444 e. The van der Waals surface area contributed by atoms with Gasteiger partial charge in [0.25, 0.3) is 0 Å². The number of hydrogen-bond acceptors (Lipinski definition) is 4. The number of hydrogen-bond donors (Lipinski definition) is 0. The van der Waals surface area contributed by atoms with E-state index < -0.39 is 5.60 Å². The van der Waals surface area contributed by atoms with Gasteiger partial charge < -0.3 is 14.4 Å². The molecule has 1 aromatic rings. The molecular formula is C17H26IN3O3. The van der Waals surface area contributed by atoms with Crippen molar-refractivity contribution in [3.63, 3.8) is 0 Å². The van der Waals surface area contributed by atoms with Crippen LogP contribution < -0.4 is 0 Å². The van der Waals surface area contributed by atoms with Crippen molar-refractivity contribution in [3.05, 3.63) is 15.5 Å². The minimum atomic E-state index is -0.439. The number of carbonyl (C=O) groups excluding carboxylic acids is 1. The Bertz CT molecular complexity index is 582. The standard InChI is InChI=1S/C17H26IN3O3/c1-17(2,3)24-16(22)20-7-4-12(5-8-20)14-10-15(18)19-21(14)13-6-9-23-11-13/h10,12-13H,4-9,11H2,1-3H3. The van der Waals surface area contributed by atoms with Gasteiger partial charge >= 0.3 is 6.09 Å². The number of aromatic nitrogens is 2. The normalized spacial score (nSPS) is 22.8. The van der Waals surface area contributed by atoms with E-state index >= 15 is 0 Å². The fraction of sp³-hybridized carbons (Fsp3) is 0.765. The predicted molar refractivity (Wildman–Crippen MR) is 99.2 cm³/mol. The molecule has 0 N–H and O–H groups in total. The highest BCUT2D eigenvalue weighted by atomic mass is 127. The summed E-state index contributed by atoms with van der Waals surface area (Å²) in [6.07, 6.45) is 2.73. The molecule has 2 aliphatic rings. The molecule has 3 heterocycles. The van der Waals surface area contributed by atoms with Crippen LogP contribution in [-0.4, -0.2) is 52.7 Å². The second-order valence-electron chi connectivity index (χ2n) is 7.60. The largest absolute Gasteiger partial charge is 0.444 e. The van der Waals surface area contributed by atoms with E-state index in [1.807, 2.05) is 25.7 Å². The smallest absolute Gasteiger partial charge is 0.410 e. The van der Waals surface area contributed by atoms with Crippen LogP contribution in [0, 0.1) is 3.70 Å². The summed E-state index contributed by atoms with van der Waals surface area (Å²) in [6, 6.07) is 2.54. The van der Waals surface area contributed by atoms with Crippen molar-refractivity contribution in [1.82, 2.24) is 14.7 Å². The second-order valence-corrected chi connectivity index (χ2v) is 8.70. The third-order valence-electron chi connectivity index (χ3n) is 4.55. The molecule has 134 valence electrons. The Balaban J connectivity index is 1.64. The Morgan fingerprint density at radius 2 is 2.04 bits per heavy atom. The molecule has 0 radical (unpaired) electrons. The third kappa shape index (κ3) is 4.22. The number of halogens is 1. The molecule has 2 aliphatic heterocycles. The van der Waals surface area contributed by atoms with Crippen molar-refractivity contribution in [1.29, 1.82) is 0 Å². The van der Waals surface area contributed by atoms with E-state index in [-0.39, 0.29) is 6.09 Å². The summed E-state index contributed by atoms with van der Waals surface area (Å²) in [4.78, 5) is 14.0. The first-order valence-electron chi connectivity index (χ1n) is 8.64. The van der Waals surface area contributed by atoms with Crippen LogP contribution in [0.4, 0.5) is 4.79 Å². The van der Waals surface area contributed by atoms with Crippen molar-refractivity contribution >= 4 is 28.7 Å². The first-order chi connectivity index (χ1) is 11.3. The Morgan fingerprint density at radius 1 is 1.33 bits per heavy atom. The molecule has 24 heavy (non-hydrogen) atoms. The fourth-order valence-corrected chi connectivity index (χ4v) is 3.93. The maximum atomic E-state index is 12.2. The molecule has 2 saturated heterocycles. The molecule has 0 aromatic carbocycles. The molecule has 0 spiro atoms. The lowest BCUT2D eigenvalue weighted by Gasteiger charge is -2.34. The molecular weight excluding hydrogens is 421 g/mol. The van der Waals surface area contributed by atoms with Gasteiger partial charge in [0.1, 0.15) is 9.30 Å². The van der Waals surface area contributed by atoms with E-state index in [4.69, 9.17) is 9.47 Å². The van der Waals surface area contributed by atoms with E-state index in [9.17, 15) is 4.79 Å². The van der Waals surface area contributed by atoms with Gasteiger partial charge in [-0.3, -0.25) is 4.68 Å². The minimum absolute atomic E-state index is 0.201. The number of nitrogens with zero attached hydrogens (tertiary/aromatic N) is 3. The van der Waals surface area contributed by atoms with Crippen molar-refractivity contribution in [2.24, 2.45) is 0 Å². The Kier molecular flexibility index (Phi) is 5.39. The summed E-state index contributed by atoms with van der Waals surface area (Å²) in [6.45, 7) is 8.76. The topological polar surface area (TPSA) is 56.6 Å². The zero-order valence-electron chi connectivity index (χ0n) is 14.6. The van der Waals surface area contributed by atoms with Crippen LogP contribution in [0.25, 0.3) is 0 Å². The van der Waals surface area contributed by atoms with Crippen LogP contribution in [0.2, 0.25) is 0 Å². The van der Waals surface area contributed by atoms with Crippen LogP contribution in [0.3, 0.4) is 0 Å². The number of likely N-dealkylation sites (tertiary alicyclic amines) is 1. The summed E-state index contributed by atoms with van der Waals surface area (Å²) < 4.78 is 14.2. The van der Waals surface area contributed by atoms with Gasteiger partial charge in [0.15, 0.2) is 0 Å². The van der Waals surface area contributed by atoms with Gasteiger partial charge in [-0.25, -0.2) is 4.79 Å². The molecule has 1 aromatic heterocycles. The lowest BCUT2D eigenvalue weighted by Crippen LogP contribution is -2.41. The van der Waals surface area contributed by atoms with Crippen molar-refractivity contribution < 1.29 is 14.3 Å². The highest BCUT2D eigenvalue weighted by molar-refractivity contribution is 14.1. The average Bonchev–Trinajstić information content (AvgIpc) is 3.14. The zero-order chi connectivity index (χ0) is 17.3. The third-order valence-corrected chi connectivity index (χ3v) is 5.08. The number of rotatable bonds is 2. The average molecular weight is 447 g/mol. The number of piperidine rings is 1. The predicted octanol–water partition coefficient (Wildman–Crippen LogP) is 3.56. The Morgan fingerprint density at radius 3 is 2.62 bits per heavy atom. The van der Waals surface area contributed by atoms with Crippen LogP contribution in [0.15, 0.2) is 6.07 Å². The lowest BCUT2D eigenvalue weighted by molar-refractivity contribution is 0.0203. The van der Waals surface area contributed by atoms with E-state index in [0.29, 0.717) is 12.0 Å². The van der Waals surface area contributed by atoms with Crippen molar-refractivity contribution in [3.8, 4) is 0 Å². The number of carbonyl (C=O) groups is 1. The first-order valence-corrected chi connectivity index (χ1v) is 9.72. The quantitative estimate of drug-likeness (QED) is 0.651. The van der Waals surface area contributed by atoms with E-state index in [1.165, 1.54) is 5.69 Å². The molecule has 1 atom stereocenters. The van der Waals surface area contributed by atoms with Gasteiger partial charge in [0.05, 0.1) is 12.6 Å². The summed E-state index contributed by atoms with van der Waals surface area (Å²) >= 11 is 2.28. The first kappa shape index (κ1) is 18.0. The molecule has 1 unspecified atom stereocenters. The monoisotopic (exact) mass is 447 g/mol. The summed E-state index contributed by atoms with van der Waals surface area (Å²) in [5.74, 6) is 0.445. The molecule has 6 nitrogen and oxygen atoms in total. The van der Waals surface area contributed by atoms with Crippen molar-refractivity contribution in [2.45, 2.75) is 57.6 Å². The highest BCUT2D eigenvalue weighted by Gasteiger charge is 2.31. The Hall–Kier alpha value is -0.830. The highest BCUT2D eigenvalue weighted by Crippen LogP contribution is 2.32. The van der Waals surface area contributed by atoms with Crippen LogP contribution in [0.5, 0.6) is 0 Å². The molecule has 7 heteroatoms. The second kappa shape index (κ2) is 7.19. The zero-order valence-corrected chi connectivity index (χ0v) is 16.8. The van der Waals surface area contributed by atoms with Gasteiger partial charge in [-0.2, -0.15) is 5.10 Å². The van der Waals surface area contributed by atoms with E-state index in [2.05, 4.69) is 38.4 Å². The van der Waals surface area contributed by atoms with Crippen LogP contribution in [-0.2, 0) is 9.47 Å². The summed E-state index contributed by atoms with van der Waals surface area (Å²) in [7, 11) is 0. The van der Waals surface area contributed by atoms with Gasteiger partial charge in [0.2, 0.25) is 0 Å². The molecule has 2 fully saturated rings. The molecule has 0 aliphatic carbocycles. The van der Waals surface area contributed by atoms with Gasteiger partial charge in [-0.05, 0) is 68.7 Å². The maximum absolute atomic E-state index is 12.2. The van der Waals surface area contributed by atoms with E-state index in [0.717, 1.165) is 49.3 Å². The van der Waals surface area contributed by atoms with Gasteiger partial charge in [0, 0.05) is 31.3 Å². The number of ether oxygens (including phenoxy) is 2. The SMILES string of the molecule is CC(C)(C)OC(=O)N1CCC(c2cc(I)nn2C2CCOC2)CC1. The summed E-state index contributed by atoms with van der Waals surface area (Å²) in [5, 5.41) is 4.69. The maximum Gasteiger partial charge on any atom is 0.410 e. The lowest BCUT2D eigenvalue weighted by atomic mass is 9.93.